The van der Waals surface area contributed by atoms with Crippen LogP contribution in [-0.2, 0) is 11.3 Å². The van der Waals surface area contributed by atoms with E-state index in [9.17, 15) is 9.59 Å². The number of ketones is 1. The van der Waals surface area contributed by atoms with E-state index in [1.807, 2.05) is 0 Å². The van der Waals surface area contributed by atoms with Gasteiger partial charge in [0.15, 0.2) is 0 Å². The average Bonchev–Trinajstić information content (AvgIpc) is 2.71. The highest BCUT2D eigenvalue weighted by Gasteiger charge is 2.39. The number of aromatic nitrogens is 1. The Labute approximate surface area is 135 Å². The van der Waals surface area contributed by atoms with E-state index in [-0.39, 0.29) is 17.1 Å². The summed E-state index contributed by atoms with van der Waals surface area (Å²) in [7, 11) is 0. The third-order valence-electron chi connectivity index (χ3n) is 3.20. The molecule has 7 heteroatoms. The number of nitrogens with zero attached hydrogens (tertiary/aromatic N) is 2. The smallest absolute Gasteiger partial charge is 0.299 e. The van der Waals surface area contributed by atoms with Gasteiger partial charge in [-0.25, -0.2) is 0 Å². The van der Waals surface area contributed by atoms with E-state index in [2.05, 4.69) is 4.98 Å². The standard InChI is InChI=1S/C14H7Cl3N2O2/c15-8-1-2-9(16)12-11(8)13(20)14(21)19(12)6-7-3-4-18-5-10(7)17/h1-5H,6H2. The number of pyridine rings is 1. The van der Waals surface area contributed by atoms with Crippen LogP contribution in [0.15, 0.2) is 30.6 Å². The zero-order chi connectivity index (χ0) is 15.1. The SMILES string of the molecule is O=C1C(=O)N(Cc2ccncc2Cl)c2c(Cl)ccc(Cl)c21. The summed E-state index contributed by atoms with van der Waals surface area (Å²) in [5, 5.41) is 0.902. The van der Waals surface area contributed by atoms with Crippen molar-refractivity contribution >= 4 is 52.2 Å². The third kappa shape index (κ3) is 2.29. The van der Waals surface area contributed by atoms with Gasteiger partial charge in [-0.15, -0.1) is 0 Å². The summed E-state index contributed by atoms with van der Waals surface area (Å²) in [6.07, 6.45) is 3.03. The van der Waals surface area contributed by atoms with E-state index in [4.69, 9.17) is 34.8 Å². The van der Waals surface area contributed by atoms with Gasteiger partial charge in [-0.05, 0) is 23.8 Å². The number of fused-ring (bicyclic) bond motifs is 1. The van der Waals surface area contributed by atoms with E-state index in [1.54, 1.807) is 18.3 Å². The Morgan fingerprint density at radius 3 is 2.43 bits per heavy atom. The van der Waals surface area contributed by atoms with Crippen molar-refractivity contribution in [2.24, 2.45) is 0 Å². The molecule has 2 aromatic rings. The van der Waals surface area contributed by atoms with Gasteiger partial charge in [0.25, 0.3) is 11.7 Å². The van der Waals surface area contributed by atoms with Crippen molar-refractivity contribution in [3.8, 4) is 0 Å². The zero-order valence-electron chi connectivity index (χ0n) is 10.4. The number of benzene rings is 1. The summed E-state index contributed by atoms with van der Waals surface area (Å²) < 4.78 is 0. The summed E-state index contributed by atoms with van der Waals surface area (Å²) in [4.78, 5) is 29.4. The molecule has 0 spiro atoms. The lowest BCUT2D eigenvalue weighted by Crippen LogP contribution is -2.29. The molecule has 0 bridgehead atoms. The quantitative estimate of drug-likeness (QED) is 0.781. The molecule has 0 fully saturated rings. The van der Waals surface area contributed by atoms with Crippen LogP contribution >= 0.6 is 34.8 Å². The topological polar surface area (TPSA) is 50.3 Å². The molecule has 0 atom stereocenters. The number of hydrogen-bond donors (Lipinski definition) is 0. The molecule has 0 saturated heterocycles. The predicted molar refractivity (Wildman–Crippen MR) is 81.2 cm³/mol. The minimum Gasteiger partial charge on any atom is -0.299 e. The number of Topliss-reactive ketones (excluding diaryl/α,β-unsaturated/α-hetero) is 1. The molecule has 4 nitrogen and oxygen atoms in total. The Morgan fingerprint density at radius 2 is 1.71 bits per heavy atom. The zero-order valence-corrected chi connectivity index (χ0v) is 12.7. The lowest BCUT2D eigenvalue weighted by atomic mass is 10.1. The van der Waals surface area contributed by atoms with Gasteiger partial charge in [0.05, 0.1) is 32.9 Å². The summed E-state index contributed by atoms with van der Waals surface area (Å²) in [6, 6.07) is 4.73. The fourth-order valence-corrected chi connectivity index (χ4v) is 2.88. The van der Waals surface area contributed by atoms with E-state index in [1.165, 1.54) is 17.2 Å². The number of carbonyl (C=O) groups is 2. The number of halogens is 3. The van der Waals surface area contributed by atoms with Gasteiger partial charge in [0.1, 0.15) is 0 Å². The molecule has 1 amide bonds. The van der Waals surface area contributed by atoms with Crippen LogP contribution in [-0.4, -0.2) is 16.7 Å². The Balaban J connectivity index is 2.10. The van der Waals surface area contributed by atoms with Crippen molar-refractivity contribution in [2.75, 3.05) is 4.90 Å². The van der Waals surface area contributed by atoms with Crippen molar-refractivity contribution < 1.29 is 9.59 Å². The molecule has 0 N–H and O–H groups in total. The van der Waals surface area contributed by atoms with E-state index >= 15 is 0 Å². The Bertz CT molecular complexity index is 777. The van der Waals surface area contributed by atoms with Crippen molar-refractivity contribution in [3.63, 3.8) is 0 Å². The van der Waals surface area contributed by atoms with Crippen molar-refractivity contribution in [2.45, 2.75) is 6.54 Å². The summed E-state index contributed by atoms with van der Waals surface area (Å²) in [5.74, 6) is -1.34. The largest absolute Gasteiger partial charge is 0.299 e. The summed E-state index contributed by atoms with van der Waals surface area (Å²) >= 11 is 18.2. The maximum atomic E-state index is 12.2. The van der Waals surface area contributed by atoms with Crippen LogP contribution in [0.3, 0.4) is 0 Å². The highest BCUT2D eigenvalue weighted by Crippen LogP contribution is 2.40. The second-order valence-corrected chi connectivity index (χ2v) is 5.66. The molecule has 0 unspecified atom stereocenters. The first-order chi connectivity index (χ1) is 10.0. The first-order valence-electron chi connectivity index (χ1n) is 5.93. The van der Waals surface area contributed by atoms with Crippen LogP contribution in [0.4, 0.5) is 5.69 Å². The molecular formula is C14H7Cl3N2O2. The molecule has 0 radical (unpaired) electrons. The summed E-state index contributed by atoms with van der Waals surface area (Å²) in [6.45, 7) is 0.124. The fraction of sp³-hybridized carbons (Fsp3) is 0.0714. The number of rotatable bonds is 2. The fourth-order valence-electron chi connectivity index (χ4n) is 2.21. The average molecular weight is 342 g/mol. The van der Waals surface area contributed by atoms with Crippen molar-refractivity contribution in [3.05, 3.63) is 56.8 Å². The van der Waals surface area contributed by atoms with E-state index < -0.39 is 11.7 Å². The first-order valence-corrected chi connectivity index (χ1v) is 7.06. The molecule has 0 aliphatic carbocycles. The monoisotopic (exact) mass is 340 g/mol. The predicted octanol–water partition coefficient (Wildman–Crippen LogP) is 3.77. The molecule has 0 saturated carbocycles. The molecule has 1 aliphatic heterocycles. The van der Waals surface area contributed by atoms with Crippen molar-refractivity contribution in [1.82, 2.24) is 4.98 Å². The molecule has 106 valence electrons. The van der Waals surface area contributed by atoms with Gasteiger partial charge in [-0.2, -0.15) is 0 Å². The highest BCUT2D eigenvalue weighted by atomic mass is 35.5. The summed E-state index contributed by atoms with van der Waals surface area (Å²) in [5.41, 5.74) is 1.13. The van der Waals surface area contributed by atoms with Gasteiger partial charge in [0.2, 0.25) is 0 Å². The third-order valence-corrected chi connectivity index (χ3v) is 4.16. The van der Waals surface area contributed by atoms with Crippen LogP contribution < -0.4 is 4.90 Å². The lowest BCUT2D eigenvalue weighted by molar-refractivity contribution is -0.114. The maximum absolute atomic E-state index is 12.2. The molecule has 21 heavy (non-hydrogen) atoms. The minimum absolute atomic E-state index is 0.124. The minimum atomic E-state index is -0.673. The van der Waals surface area contributed by atoms with Crippen molar-refractivity contribution in [1.29, 1.82) is 0 Å². The van der Waals surface area contributed by atoms with E-state index in [0.29, 0.717) is 21.3 Å². The second kappa shape index (κ2) is 5.30. The lowest BCUT2D eigenvalue weighted by Gasteiger charge is -2.18. The molecule has 1 aliphatic rings. The first kappa shape index (κ1) is 14.3. The van der Waals surface area contributed by atoms with E-state index in [0.717, 1.165) is 0 Å². The number of anilines is 1. The van der Waals surface area contributed by atoms with Crippen LogP contribution in [0.25, 0.3) is 0 Å². The van der Waals surface area contributed by atoms with Gasteiger partial charge in [-0.1, -0.05) is 34.8 Å². The Hall–Kier alpha value is -1.62. The Kier molecular flexibility index (Phi) is 3.61. The van der Waals surface area contributed by atoms with Gasteiger partial charge in [-0.3, -0.25) is 19.5 Å². The molecule has 2 heterocycles. The van der Waals surface area contributed by atoms with Crippen LogP contribution in [0.1, 0.15) is 15.9 Å². The molecule has 1 aromatic heterocycles. The molecular weight excluding hydrogens is 335 g/mol. The number of carbonyl (C=O) groups excluding carboxylic acids is 2. The van der Waals surface area contributed by atoms with Crippen LogP contribution in [0.5, 0.6) is 0 Å². The number of amides is 1. The normalized spacial score (nSPS) is 13.8. The maximum Gasteiger partial charge on any atom is 0.299 e. The van der Waals surface area contributed by atoms with Gasteiger partial charge in [0, 0.05) is 12.4 Å². The second-order valence-electron chi connectivity index (χ2n) is 4.44. The van der Waals surface area contributed by atoms with Gasteiger partial charge < -0.3 is 0 Å². The highest BCUT2D eigenvalue weighted by molar-refractivity contribution is 6.56. The van der Waals surface area contributed by atoms with Crippen LogP contribution in [0, 0.1) is 0 Å². The Morgan fingerprint density at radius 1 is 1.00 bits per heavy atom. The van der Waals surface area contributed by atoms with Crippen LogP contribution in [0.2, 0.25) is 15.1 Å². The molecule has 3 rings (SSSR count). The number of hydrogen-bond acceptors (Lipinski definition) is 3. The van der Waals surface area contributed by atoms with Gasteiger partial charge >= 0.3 is 0 Å². The molecule has 1 aromatic carbocycles.